The molecule has 0 radical (unpaired) electrons. The van der Waals surface area contributed by atoms with Gasteiger partial charge in [-0.2, -0.15) is 0 Å². The molecule has 0 bridgehead atoms. The molecule has 2 fully saturated rings. The van der Waals surface area contributed by atoms with E-state index in [9.17, 15) is 9.18 Å². The maximum Gasteiger partial charge on any atom is 0.339 e. The van der Waals surface area contributed by atoms with Crippen molar-refractivity contribution in [1.82, 2.24) is 10.0 Å². The number of allylic oxidation sites excluding steroid dienone is 4. The third-order valence-corrected chi connectivity index (χ3v) is 6.51. The van der Waals surface area contributed by atoms with Gasteiger partial charge in [-0.3, -0.25) is 9.91 Å². The number of carbonyl (C=O) groups excluding carboxylic acids is 1. The average Bonchev–Trinajstić information content (AvgIpc) is 3.10. The number of hydrazine groups is 1. The molecule has 1 aliphatic carbocycles. The molecule has 27 heavy (non-hydrogen) atoms. The molecule has 2 aliphatic heterocycles. The van der Waals surface area contributed by atoms with Gasteiger partial charge in [-0.25, -0.2) is 14.2 Å². The van der Waals surface area contributed by atoms with Gasteiger partial charge in [0.05, 0.1) is 6.54 Å². The number of hydrogen-bond donors (Lipinski definition) is 0. The van der Waals surface area contributed by atoms with Crippen molar-refractivity contribution < 1.29 is 9.18 Å². The molecule has 0 spiro atoms. The molecule has 144 valence electrons. The quantitative estimate of drug-likeness (QED) is 0.775. The number of piperidine rings is 1. The first kappa shape index (κ1) is 18.2. The van der Waals surface area contributed by atoms with Crippen molar-refractivity contribution in [3.05, 3.63) is 54.4 Å². The van der Waals surface area contributed by atoms with Gasteiger partial charge in [-0.15, -0.1) is 0 Å². The van der Waals surface area contributed by atoms with E-state index in [4.69, 9.17) is 0 Å². The van der Waals surface area contributed by atoms with E-state index in [0.29, 0.717) is 19.0 Å². The largest absolute Gasteiger partial charge is 0.339 e. The van der Waals surface area contributed by atoms with Crippen LogP contribution in [-0.4, -0.2) is 42.2 Å². The summed E-state index contributed by atoms with van der Waals surface area (Å²) in [5.74, 6) is 0.283. The van der Waals surface area contributed by atoms with Crippen LogP contribution in [0.3, 0.4) is 0 Å². The molecule has 2 atom stereocenters. The topological polar surface area (TPSA) is 26.8 Å². The number of benzene rings is 1. The Bertz CT molecular complexity index is 744. The number of rotatable bonds is 4. The Morgan fingerprint density at radius 1 is 1.15 bits per heavy atom. The number of anilines is 1. The second kappa shape index (κ2) is 7.47. The molecule has 1 aromatic carbocycles. The Hall–Kier alpha value is -2.14. The maximum absolute atomic E-state index is 13.2. The lowest BCUT2D eigenvalue weighted by Gasteiger charge is -2.46. The van der Waals surface area contributed by atoms with Crippen molar-refractivity contribution in [3.8, 4) is 0 Å². The first-order valence-electron chi connectivity index (χ1n) is 10.1. The Morgan fingerprint density at radius 2 is 1.96 bits per heavy atom. The molecule has 2 amide bonds. The zero-order valence-corrected chi connectivity index (χ0v) is 16.0. The van der Waals surface area contributed by atoms with Crippen LogP contribution in [0.2, 0.25) is 0 Å². The van der Waals surface area contributed by atoms with Crippen molar-refractivity contribution in [2.24, 2.45) is 11.3 Å². The molecule has 3 aliphatic rings. The van der Waals surface area contributed by atoms with E-state index in [0.717, 1.165) is 38.0 Å². The molecule has 0 aromatic heterocycles. The minimum atomic E-state index is -0.277. The Morgan fingerprint density at radius 3 is 2.67 bits per heavy atom. The van der Waals surface area contributed by atoms with E-state index in [1.165, 1.54) is 18.6 Å². The molecule has 5 heteroatoms. The molecule has 2 heterocycles. The highest BCUT2D eigenvalue weighted by Gasteiger charge is 2.41. The fraction of sp³-hybridized carbons (Fsp3) is 0.500. The van der Waals surface area contributed by atoms with Gasteiger partial charge in [-0.05, 0) is 61.3 Å². The number of urea groups is 1. The highest BCUT2D eigenvalue weighted by atomic mass is 19.1. The molecular weight excluding hydrogens is 341 g/mol. The van der Waals surface area contributed by atoms with E-state index in [2.05, 4.69) is 36.2 Å². The SMILES string of the molecule is CCC1([C@H]2CCCN(N3CCN(c4ccc(F)cc4)C3=O)C2)C=CC=CC1. The van der Waals surface area contributed by atoms with Crippen LogP contribution in [-0.2, 0) is 0 Å². The Balaban J connectivity index is 1.47. The van der Waals surface area contributed by atoms with Crippen LogP contribution in [0.15, 0.2) is 48.6 Å². The summed E-state index contributed by atoms with van der Waals surface area (Å²) in [6, 6.07) is 6.20. The minimum Gasteiger partial charge on any atom is -0.291 e. The predicted octanol–water partition coefficient (Wildman–Crippen LogP) is 4.61. The van der Waals surface area contributed by atoms with Crippen molar-refractivity contribution in [2.45, 2.75) is 32.6 Å². The Labute approximate surface area is 160 Å². The third-order valence-electron chi connectivity index (χ3n) is 6.51. The summed E-state index contributed by atoms with van der Waals surface area (Å²) in [5, 5.41) is 4.16. The molecule has 4 nitrogen and oxygen atoms in total. The number of hydrogen-bond acceptors (Lipinski definition) is 2. The van der Waals surface area contributed by atoms with Gasteiger partial charge in [0.1, 0.15) is 5.82 Å². The van der Waals surface area contributed by atoms with Crippen molar-refractivity contribution in [1.29, 1.82) is 0 Å². The summed E-state index contributed by atoms with van der Waals surface area (Å²) in [7, 11) is 0. The first-order valence-corrected chi connectivity index (χ1v) is 10.1. The van der Waals surface area contributed by atoms with Crippen LogP contribution in [0.5, 0.6) is 0 Å². The summed E-state index contributed by atoms with van der Waals surface area (Å²) in [5.41, 5.74) is 0.982. The smallest absolute Gasteiger partial charge is 0.291 e. The molecule has 1 unspecified atom stereocenters. The molecule has 0 saturated carbocycles. The van der Waals surface area contributed by atoms with E-state index < -0.39 is 0 Å². The fourth-order valence-corrected chi connectivity index (χ4v) is 4.83. The van der Waals surface area contributed by atoms with Crippen molar-refractivity contribution >= 4 is 11.7 Å². The highest BCUT2D eigenvalue weighted by Crippen LogP contribution is 2.44. The van der Waals surface area contributed by atoms with Crippen LogP contribution in [0, 0.1) is 17.2 Å². The van der Waals surface area contributed by atoms with Crippen LogP contribution in [0.1, 0.15) is 32.6 Å². The van der Waals surface area contributed by atoms with Gasteiger partial charge in [0.2, 0.25) is 0 Å². The number of carbonyl (C=O) groups is 1. The number of nitrogens with zero attached hydrogens (tertiary/aromatic N) is 3. The van der Waals surface area contributed by atoms with Gasteiger partial charge in [-0.1, -0.05) is 31.2 Å². The van der Waals surface area contributed by atoms with Gasteiger partial charge in [0.25, 0.3) is 0 Å². The molecule has 1 aromatic rings. The van der Waals surface area contributed by atoms with Gasteiger partial charge < -0.3 is 0 Å². The predicted molar refractivity (Wildman–Crippen MR) is 106 cm³/mol. The summed E-state index contributed by atoms with van der Waals surface area (Å²) in [4.78, 5) is 14.8. The zero-order valence-electron chi connectivity index (χ0n) is 16.0. The fourth-order valence-electron chi connectivity index (χ4n) is 4.83. The van der Waals surface area contributed by atoms with E-state index in [-0.39, 0.29) is 17.3 Å². The van der Waals surface area contributed by atoms with E-state index in [1.807, 2.05) is 5.01 Å². The summed E-state index contributed by atoms with van der Waals surface area (Å²) < 4.78 is 13.2. The molecular formula is C22H28FN3O. The third kappa shape index (κ3) is 3.41. The van der Waals surface area contributed by atoms with Crippen LogP contribution >= 0.6 is 0 Å². The maximum atomic E-state index is 13.2. The van der Waals surface area contributed by atoms with Crippen LogP contribution in [0.4, 0.5) is 14.9 Å². The Kier molecular flexibility index (Phi) is 5.04. The molecule has 4 rings (SSSR count). The lowest BCUT2D eigenvalue weighted by atomic mass is 9.66. The van der Waals surface area contributed by atoms with Crippen LogP contribution in [0.25, 0.3) is 0 Å². The number of amides is 2. The van der Waals surface area contributed by atoms with Crippen molar-refractivity contribution in [2.75, 3.05) is 31.1 Å². The second-order valence-corrected chi connectivity index (χ2v) is 7.86. The summed E-state index contributed by atoms with van der Waals surface area (Å²) in [6.07, 6.45) is 13.5. The highest BCUT2D eigenvalue weighted by molar-refractivity contribution is 5.93. The van der Waals surface area contributed by atoms with E-state index in [1.54, 1.807) is 17.0 Å². The monoisotopic (exact) mass is 369 g/mol. The van der Waals surface area contributed by atoms with Crippen LogP contribution < -0.4 is 4.90 Å². The second-order valence-electron chi connectivity index (χ2n) is 7.86. The zero-order chi connectivity index (χ0) is 18.9. The lowest BCUT2D eigenvalue weighted by Crippen LogP contribution is -2.52. The summed E-state index contributed by atoms with van der Waals surface area (Å²) in [6.45, 7) is 5.47. The van der Waals surface area contributed by atoms with Crippen molar-refractivity contribution in [3.63, 3.8) is 0 Å². The minimum absolute atomic E-state index is 0.00638. The lowest BCUT2D eigenvalue weighted by molar-refractivity contribution is -0.0280. The standard InChI is InChI=1S/C22H28FN3O/c1-2-22(12-4-3-5-13-22)18-7-6-14-24(17-18)26-16-15-25(21(26)27)20-10-8-19(23)9-11-20/h3-5,8-12,18H,2,6-7,13-17H2,1H3/t18-,22?/m0/s1. The van der Waals surface area contributed by atoms with Gasteiger partial charge in [0.15, 0.2) is 0 Å². The molecule has 0 N–H and O–H groups in total. The first-order chi connectivity index (χ1) is 13.1. The normalized spacial score (nSPS) is 29.0. The van der Waals surface area contributed by atoms with Gasteiger partial charge >= 0.3 is 6.03 Å². The average molecular weight is 369 g/mol. The van der Waals surface area contributed by atoms with E-state index >= 15 is 0 Å². The number of halogens is 1. The molecule has 2 saturated heterocycles. The van der Waals surface area contributed by atoms with Gasteiger partial charge in [0, 0.05) is 25.3 Å². The summed E-state index contributed by atoms with van der Waals surface area (Å²) >= 11 is 0.